The Bertz CT molecular complexity index is 348. The lowest BCUT2D eigenvalue weighted by Crippen LogP contribution is -2.18. The van der Waals surface area contributed by atoms with Gasteiger partial charge in [0.2, 0.25) is 0 Å². The summed E-state index contributed by atoms with van der Waals surface area (Å²) in [6.45, 7) is 4.33. The van der Waals surface area contributed by atoms with Gasteiger partial charge in [0, 0.05) is 23.7 Å². The lowest BCUT2D eigenvalue weighted by atomic mass is 9.82. The van der Waals surface area contributed by atoms with Gasteiger partial charge in [-0.15, -0.1) is 0 Å². The standard InChI is InChI=1S/C13H20N2O/c1-9(2)11(8-16)13-14-7-6-12(15-13)10-4-3-5-10/h6-7,9-11,16H,3-5,8H2,1-2H3. The van der Waals surface area contributed by atoms with Crippen LogP contribution in [-0.4, -0.2) is 21.7 Å². The van der Waals surface area contributed by atoms with Crippen LogP contribution < -0.4 is 0 Å². The minimum atomic E-state index is 0.0695. The van der Waals surface area contributed by atoms with Gasteiger partial charge in [-0.1, -0.05) is 20.3 Å². The maximum Gasteiger partial charge on any atom is 0.134 e. The van der Waals surface area contributed by atoms with Crippen molar-refractivity contribution >= 4 is 0 Å². The highest BCUT2D eigenvalue weighted by Crippen LogP contribution is 2.35. The quantitative estimate of drug-likeness (QED) is 0.848. The minimum Gasteiger partial charge on any atom is -0.396 e. The fraction of sp³-hybridized carbons (Fsp3) is 0.692. The van der Waals surface area contributed by atoms with Gasteiger partial charge in [-0.25, -0.2) is 9.97 Å². The highest BCUT2D eigenvalue weighted by molar-refractivity contribution is 5.13. The summed E-state index contributed by atoms with van der Waals surface area (Å²) in [5.41, 5.74) is 1.16. The van der Waals surface area contributed by atoms with Gasteiger partial charge in [-0.2, -0.15) is 0 Å². The molecule has 0 saturated heterocycles. The Labute approximate surface area is 96.9 Å². The second kappa shape index (κ2) is 4.91. The van der Waals surface area contributed by atoms with Crippen LogP contribution in [-0.2, 0) is 0 Å². The molecule has 1 atom stereocenters. The third-order valence-corrected chi connectivity index (χ3v) is 3.55. The molecule has 1 aromatic rings. The fourth-order valence-electron chi connectivity index (χ4n) is 2.09. The molecule has 0 bridgehead atoms. The largest absolute Gasteiger partial charge is 0.396 e. The molecule has 1 unspecified atom stereocenters. The average Bonchev–Trinajstić information content (AvgIpc) is 2.16. The third-order valence-electron chi connectivity index (χ3n) is 3.55. The van der Waals surface area contributed by atoms with Gasteiger partial charge in [-0.05, 0) is 24.8 Å². The topological polar surface area (TPSA) is 46.0 Å². The van der Waals surface area contributed by atoms with Gasteiger partial charge in [0.1, 0.15) is 5.82 Å². The van der Waals surface area contributed by atoms with Crippen molar-refractivity contribution in [3.05, 3.63) is 23.8 Å². The van der Waals surface area contributed by atoms with E-state index in [-0.39, 0.29) is 12.5 Å². The van der Waals surface area contributed by atoms with E-state index in [9.17, 15) is 5.11 Å². The van der Waals surface area contributed by atoms with E-state index in [1.807, 2.05) is 12.3 Å². The summed E-state index contributed by atoms with van der Waals surface area (Å²) in [7, 11) is 0. The van der Waals surface area contributed by atoms with Crippen molar-refractivity contribution < 1.29 is 5.11 Å². The maximum absolute atomic E-state index is 9.37. The smallest absolute Gasteiger partial charge is 0.134 e. The van der Waals surface area contributed by atoms with Gasteiger partial charge in [0.15, 0.2) is 0 Å². The van der Waals surface area contributed by atoms with Crippen LogP contribution in [0.25, 0.3) is 0 Å². The predicted molar refractivity (Wildman–Crippen MR) is 63.3 cm³/mol. The minimum absolute atomic E-state index is 0.0695. The number of hydrogen-bond acceptors (Lipinski definition) is 3. The summed E-state index contributed by atoms with van der Waals surface area (Å²) >= 11 is 0. The molecule has 16 heavy (non-hydrogen) atoms. The molecule has 1 saturated carbocycles. The number of aliphatic hydroxyl groups is 1. The van der Waals surface area contributed by atoms with Crippen LogP contribution in [0.1, 0.15) is 56.5 Å². The van der Waals surface area contributed by atoms with Gasteiger partial charge in [0.25, 0.3) is 0 Å². The Balaban J connectivity index is 2.19. The summed E-state index contributed by atoms with van der Waals surface area (Å²) in [5.74, 6) is 1.89. The fourth-order valence-corrected chi connectivity index (χ4v) is 2.09. The van der Waals surface area contributed by atoms with E-state index in [2.05, 4.69) is 23.8 Å². The molecular formula is C13H20N2O. The number of nitrogens with zero attached hydrogens (tertiary/aromatic N) is 2. The molecule has 0 aliphatic heterocycles. The zero-order valence-electron chi connectivity index (χ0n) is 10.1. The van der Waals surface area contributed by atoms with Crippen LogP contribution in [0.15, 0.2) is 12.3 Å². The van der Waals surface area contributed by atoms with Crippen LogP contribution >= 0.6 is 0 Å². The van der Waals surface area contributed by atoms with E-state index in [0.717, 1.165) is 11.5 Å². The van der Waals surface area contributed by atoms with E-state index in [1.165, 1.54) is 19.3 Å². The second-order valence-electron chi connectivity index (χ2n) is 5.00. The molecule has 0 amide bonds. The third kappa shape index (κ3) is 2.24. The predicted octanol–water partition coefficient (Wildman–Crippen LogP) is 2.48. The van der Waals surface area contributed by atoms with E-state index in [1.54, 1.807) is 0 Å². The highest BCUT2D eigenvalue weighted by Gasteiger charge is 2.23. The van der Waals surface area contributed by atoms with E-state index < -0.39 is 0 Å². The van der Waals surface area contributed by atoms with E-state index >= 15 is 0 Å². The first kappa shape index (κ1) is 11.5. The molecule has 1 aromatic heterocycles. The normalized spacial score (nSPS) is 18.5. The molecule has 1 aliphatic rings. The summed E-state index contributed by atoms with van der Waals surface area (Å²) in [4.78, 5) is 8.92. The molecule has 3 heteroatoms. The molecule has 0 aromatic carbocycles. The van der Waals surface area contributed by atoms with Crippen molar-refractivity contribution in [2.75, 3.05) is 6.61 Å². The molecule has 0 spiro atoms. The molecule has 1 fully saturated rings. The number of aliphatic hydroxyl groups excluding tert-OH is 1. The van der Waals surface area contributed by atoms with Crippen molar-refractivity contribution in [3.63, 3.8) is 0 Å². The van der Waals surface area contributed by atoms with Crippen LogP contribution in [0, 0.1) is 5.92 Å². The summed E-state index contributed by atoms with van der Waals surface area (Å²) in [5, 5.41) is 9.37. The molecular weight excluding hydrogens is 200 g/mol. The second-order valence-corrected chi connectivity index (χ2v) is 5.00. The monoisotopic (exact) mass is 220 g/mol. The Hall–Kier alpha value is -0.960. The van der Waals surface area contributed by atoms with Crippen LogP contribution in [0.4, 0.5) is 0 Å². The zero-order chi connectivity index (χ0) is 11.5. The molecule has 88 valence electrons. The lowest BCUT2D eigenvalue weighted by molar-refractivity contribution is 0.231. The maximum atomic E-state index is 9.37. The first-order valence-corrected chi connectivity index (χ1v) is 6.16. The molecule has 1 heterocycles. The zero-order valence-corrected chi connectivity index (χ0v) is 10.1. The molecule has 1 aliphatic carbocycles. The Morgan fingerprint density at radius 1 is 1.44 bits per heavy atom. The van der Waals surface area contributed by atoms with Gasteiger partial charge >= 0.3 is 0 Å². The number of rotatable bonds is 4. The van der Waals surface area contributed by atoms with E-state index in [4.69, 9.17) is 0 Å². The summed E-state index contributed by atoms with van der Waals surface area (Å²) < 4.78 is 0. The summed E-state index contributed by atoms with van der Waals surface area (Å²) in [6, 6.07) is 2.02. The Morgan fingerprint density at radius 2 is 2.19 bits per heavy atom. The van der Waals surface area contributed by atoms with Crippen molar-refractivity contribution in [2.45, 2.75) is 44.9 Å². The number of hydrogen-bond donors (Lipinski definition) is 1. The number of aromatic nitrogens is 2. The van der Waals surface area contributed by atoms with Crippen LogP contribution in [0.2, 0.25) is 0 Å². The molecule has 2 rings (SSSR count). The molecule has 0 radical (unpaired) electrons. The summed E-state index contributed by atoms with van der Waals surface area (Å²) in [6.07, 6.45) is 5.66. The van der Waals surface area contributed by atoms with Crippen molar-refractivity contribution in [1.82, 2.24) is 9.97 Å². The SMILES string of the molecule is CC(C)C(CO)c1nccc(C2CCC2)n1. The highest BCUT2D eigenvalue weighted by atomic mass is 16.3. The molecule has 3 nitrogen and oxygen atoms in total. The van der Waals surface area contributed by atoms with Crippen molar-refractivity contribution in [2.24, 2.45) is 5.92 Å². The first-order chi connectivity index (χ1) is 7.72. The first-order valence-electron chi connectivity index (χ1n) is 6.16. The van der Waals surface area contributed by atoms with Crippen LogP contribution in [0.5, 0.6) is 0 Å². The van der Waals surface area contributed by atoms with Gasteiger partial charge < -0.3 is 5.11 Å². The van der Waals surface area contributed by atoms with Crippen LogP contribution in [0.3, 0.4) is 0 Å². The van der Waals surface area contributed by atoms with Crippen molar-refractivity contribution in [3.8, 4) is 0 Å². The lowest BCUT2D eigenvalue weighted by Gasteiger charge is -2.25. The average molecular weight is 220 g/mol. The van der Waals surface area contributed by atoms with E-state index in [0.29, 0.717) is 11.8 Å². The Morgan fingerprint density at radius 3 is 2.69 bits per heavy atom. The Kier molecular flexibility index (Phi) is 3.54. The van der Waals surface area contributed by atoms with Gasteiger partial charge in [-0.3, -0.25) is 0 Å². The van der Waals surface area contributed by atoms with Gasteiger partial charge in [0.05, 0.1) is 6.61 Å². The van der Waals surface area contributed by atoms with Crippen molar-refractivity contribution in [1.29, 1.82) is 0 Å². The molecule has 1 N–H and O–H groups in total.